The molecule has 6 rings (SSSR count). The minimum atomic E-state index is -3.70. The van der Waals surface area contributed by atoms with E-state index in [9.17, 15) is 13.2 Å². The summed E-state index contributed by atoms with van der Waals surface area (Å²) < 4.78 is 29.5. The van der Waals surface area contributed by atoms with E-state index in [1.54, 1.807) is 23.5 Å². The van der Waals surface area contributed by atoms with Crippen LogP contribution in [-0.2, 0) is 16.4 Å². The van der Waals surface area contributed by atoms with Crippen LogP contribution in [0.2, 0.25) is 0 Å². The number of carbonyl (C=O) groups is 1. The molecule has 10 heteroatoms. The minimum Gasteiger partial charge on any atom is -0.351 e. The maximum Gasteiger partial charge on any atom is 0.264 e. The molecule has 0 spiro atoms. The Labute approximate surface area is 245 Å². The summed E-state index contributed by atoms with van der Waals surface area (Å²) in [6, 6.07) is 18.2. The standard InChI is InChI=1S/C31H35N5O3S2/c1-22-9-10-23(2)29-28(22)33-31(40-29)35-20-18-34(19-21-35)17-15-32-30(37)25-11-13-26(14-12-25)41(38,39)36-16-5-7-24-6-3-4-8-27(24)36/h3-4,6,8-14H,5,7,15-21H2,1-2H3,(H,32,37). The van der Waals surface area contributed by atoms with Crippen LogP contribution in [0.4, 0.5) is 10.8 Å². The summed E-state index contributed by atoms with van der Waals surface area (Å²) in [5.74, 6) is -0.198. The molecule has 1 amide bonds. The van der Waals surface area contributed by atoms with Crippen molar-refractivity contribution in [1.29, 1.82) is 0 Å². The van der Waals surface area contributed by atoms with Gasteiger partial charge in [-0.3, -0.25) is 14.0 Å². The molecule has 41 heavy (non-hydrogen) atoms. The molecule has 0 aliphatic carbocycles. The Morgan fingerprint density at radius 1 is 0.927 bits per heavy atom. The van der Waals surface area contributed by atoms with Crippen molar-refractivity contribution in [1.82, 2.24) is 15.2 Å². The molecule has 0 atom stereocenters. The maximum absolute atomic E-state index is 13.4. The summed E-state index contributed by atoms with van der Waals surface area (Å²) in [6.07, 6.45) is 1.66. The number of rotatable bonds is 7. The lowest BCUT2D eigenvalue weighted by atomic mass is 10.0. The van der Waals surface area contributed by atoms with E-state index < -0.39 is 10.0 Å². The molecule has 214 valence electrons. The van der Waals surface area contributed by atoms with E-state index in [4.69, 9.17) is 4.98 Å². The van der Waals surface area contributed by atoms with Crippen LogP contribution < -0.4 is 14.5 Å². The molecule has 3 aromatic carbocycles. The lowest BCUT2D eigenvalue weighted by Gasteiger charge is -2.34. The average molecular weight is 590 g/mol. The molecule has 0 bridgehead atoms. The molecule has 3 heterocycles. The van der Waals surface area contributed by atoms with Crippen molar-refractivity contribution in [3.8, 4) is 0 Å². The third-order valence-electron chi connectivity index (χ3n) is 8.06. The number of para-hydroxylation sites is 1. The van der Waals surface area contributed by atoms with E-state index >= 15 is 0 Å². The van der Waals surface area contributed by atoms with Gasteiger partial charge in [-0.1, -0.05) is 41.7 Å². The van der Waals surface area contributed by atoms with E-state index in [-0.39, 0.29) is 10.8 Å². The first kappa shape index (κ1) is 27.7. The quantitative estimate of drug-likeness (QED) is 0.339. The first-order chi connectivity index (χ1) is 19.8. The first-order valence-electron chi connectivity index (χ1n) is 14.1. The van der Waals surface area contributed by atoms with Crippen molar-refractivity contribution in [2.24, 2.45) is 0 Å². The number of sulfonamides is 1. The van der Waals surface area contributed by atoms with Crippen LogP contribution in [0.5, 0.6) is 0 Å². The predicted octanol–water partition coefficient (Wildman–Crippen LogP) is 4.61. The van der Waals surface area contributed by atoms with E-state index in [1.807, 2.05) is 24.3 Å². The smallest absolute Gasteiger partial charge is 0.264 e. The highest BCUT2D eigenvalue weighted by Gasteiger charge is 2.29. The van der Waals surface area contributed by atoms with Gasteiger partial charge < -0.3 is 10.2 Å². The van der Waals surface area contributed by atoms with E-state index in [0.29, 0.717) is 18.7 Å². The zero-order chi connectivity index (χ0) is 28.6. The summed E-state index contributed by atoms with van der Waals surface area (Å²) in [6.45, 7) is 9.64. The predicted molar refractivity (Wildman–Crippen MR) is 166 cm³/mol. The first-order valence-corrected chi connectivity index (χ1v) is 16.4. The molecule has 1 N–H and O–H groups in total. The Bertz CT molecular complexity index is 1640. The summed E-state index contributed by atoms with van der Waals surface area (Å²) >= 11 is 1.77. The van der Waals surface area contributed by atoms with Gasteiger partial charge in [-0.15, -0.1) is 0 Å². The SMILES string of the molecule is Cc1ccc(C)c2sc(N3CCN(CCNC(=O)c4ccc(S(=O)(=O)N5CCCc6ccccc65)cc4)CC3)nc12. The number of hydrogen-bond acceptors (Lipinski definition) is 7. The lowest BCUT2D eigenvalue weighted by Crippen LogP contribution is -2.48. The van der Waals surface area contributed by atoms with Crippen LogP contribution in [0.3, 0.4) is 0 Å². The van der Waals surface area contributed by atoms with Gasteiger partial charge >= 0.3 is 0 Å². The Hall–Kier alpha value is -3.47. The molecule has 1 aromatic heterocycles. The number of aromatic nitrogens is 1. The van der Waals surface area contributed by atoms with Gasteiger partial charge in [0.1, 0.15) is 0 Å². The molecule has 1 fully saturated rings. The monoisotopic (exact) mass is 589 g/mol. The number of fused-ring (bicyclic) bond motifs is 2. The highest BCUT2D eigenvalue weighted by Crippen LogP contribution is 2.34. The van der Waals surface area contributed by atoms with Crippen LogP contribution >= 0.6 is 11.3 Å². The van der Waals surface area contributed by atoms with Crippen molar-refractivity contribution in [2.75, 3.05) is 55.0 Å². The second-order valence-electron chi connectivity index (χ2n) is 10.8. The molecule has 0 unspecified atom stereocenters. The number of nitrogens with zero attached hydrogens (tertiary/aromatic N) is 4. The third kappa shape index (κ3) is 5.56. The zero-order valence-corrected chi connectivity index (χ0v) is 25.1. The van der Waals surface area contributed by atoms with Crippen molar-refractivity contribution in [2.45, 2.75) is 31.6 Å². The van der Waals surface area contributed by atoms with Gasteiger partial charge in [0, 0.05) is 51.4 Å². The van der Waals surface area contributed by atoms with Gasteiger partial charge in [0.15, 0.2) is 5.13 Å². The second kappa shape index (κ2) is 11.4. The number of amides is 1. The number of piperazine rings is 1. The van der Waals surface area contributed by atoms with Gasteiger partial charge in [-0.05, 0) is 73.7 Å². The number of hydrogen-bond donors (Lipinski definition) is 1. The van der Waals surface area contributed by atoms with Crippen molar-refractivity contribution < 1.29 is 13.2 Å². The maximum atomic E-state index is 13.4. The Kier molecular flexibility index (Phi) is 7.72. The molecule has 2 aliphatic rings. The van der Waals surface area contributed by atoms with Crippen LogP contribution in [0, 0.1) is 13.8 Å². The highest BCUT2D eigenvalue weighted by atomic mass is 32.2. The number of thiazole rings is 1. The van der Waals surface area contributed by atoms with E-state index in [1.165, 1.54) is 32.3 Å². The molecular formula is C31H35N5O3S2. The normalized spacial score (nSPS) is 16.1. The Balaban J connectivity index is 1.00. The highest BCUT2D eigenvalue weighted by molar-refractivity contribution is 7.92. The topological polar surface area (TPSA) is 85.8 Å². The minimum absolute atomic E-state index is 0.196. The third-order valence-corrected chi connectivity index (χ3v) is 11.1. The molecule has 2 aliphatic heterocycles. The number of anilines is 2. The fraction of sp³-hybridized carbons (Fsp3) is 0.355. The van der Waals surface area contributed by atoms with Gasteiger partial charge in [0.25, 0.3) is 15.9 Å². The van der Waals surface area contributed by atoms with Crippen LogP contribution in [0.15, 0.2) is 65.6 Å². The van der Waals surface area contributed by atoms with Gasteiger partial charge in [0.2, 0.25) is 0 Å². The van der Waals surface area contributed by atoms with Crippen molar-refractivity contribution in [3.05, 3.63) is 82.9 Å². The fourth-order valence-electron chi connectivity index (χ4n) is 5.63. The lowest BCUT2D eigenvalue weighted by molar-refractivity contribution is 0.0947. The fourth-order valence-corrected chi connectivity index (χ4v) is 8.33. The molecule has 4 aromatic rings. The molecular weight excluding hydrogens is 555 g/mol. The van der Waals surface area contributed by atoms with Gasteiger partial charge in [-0.2, -0.15) is 0 Å². The molecule has 0 radical (unpaired) electrons. The van der Waals surface area contributed by atoms with Crippen LogP contribution in [-0.4, -0.2) is 70.0 Å². The molecule has 8 nitrogen and oxygen atoms in total. The van der Waals surface area contributed by atoms with E-state index in [2.05, 4.69) is 41.1 Å². The summed E-state index contributed by atoms with van der Waals surface area (Å²) in [5, 5.41) is 4.07. The average Bonchev–Trinajstić information content (AvgIpc) is 3.46. The molecule has 1 saturated heterocycles. The summed E-state index contributed by atoms with van der Waals surface area (Å²) in [5.41, 5.74) is 5.83. The van der Waals surface area contributed by atoms with Gasteiger partial charge in [-0.25, -0.2) is 13.4 Å². The van der Waals surface area contributed by atoms with E-state index in [0.717, 1.165) is 67.5 Å². The number of benzene rings is 3. The van der Waals surface area contributed by atoms with Crippen molar-refractivity contribution in [3.63, 3.8) is 0 Å². The largest absolute Gasteiger partial charge is 0.351 e. The molecule has 0 saturated carbocycles. The number of nitrogens with one attached hydrogen (secondary N) is 1. The zero-order valence-electron chi connectivity index (χ0n) is 23.5. The Morgan fingerprint density at radius 2 is 1.66 bits per heavy atom. The summed E-state index contributed by atoms with van der Waals surface area (Å²) in [7, 11) is -3.70. The van der Waals surface area contributed by atoms with Crippen LogP contribution in [0.1, 0.15) is 33.5 Å². The summed E-state index contributed by atoms with van der Waals surface area (Å²) in [4.78, 5) is 22.6. The van der Waals surface area contributed by atoms with Crippen molar-refractivity contribution >= 4 is 48.3 Å². The Morgan fingerprint density at radius 3 is 2.41 bits per heavy atom. The second-order valence-corrected chi connectivity index (χ2v) is 13.6. The van der Waals surface area contributed by atoms with Gasteiger partial charge in [0.05, 0.1) is 20.8 Å². The van der Waals surface area contributed by atoms with Crippen LogP contribution in [0.25, 0.3) is 10.2 Å². The number of aryl methyl sites for hydroxylation is 3. The number of carbonyl (C=O) groups excluding carboxylic acids is 1.